The van der Waals surface area contributed by atoms with Crippen molar-refractivity contribution in [1.82, 2.24) is 5.32 Å². The molecule has 0 radical (unpaired) electrons. The number of rotatable bonds is 2. The second-order valence-corrected chi connectivity index (χ2v) is 5.03. The second-order valence-electron chi connectivity index (χ2n) is 5.03. The van der Waals surface area contributed by atoms with Crippen LogP contribution in [0.2, 0.25) is 0 Å². The summed E-state index contributed by atoms with van der Waals surface area (Å²) in [4.78, 5) is 25.5. The molecule has 1 rings (SSSR count). The van der Waals surface area contributed by atoms with Gasteiger partial charge in [0.2, 0.25) is 6.08 Å². The van der Waals surface area contributed by atoms with Crippen LogP contribution in [-0.2, 0) is 4.79 Å². The number of anilines is 1. The van der Waals surface area contributed by atoms with Gasteiger partial charge in [0, 0.05) is 11.2 Å². The summed E-state index contributed by atoms with van der Waals surface area (Å²) in [5.74, 6) is 0. The molecule has 0 saturated carbocycles. The maximum Gasteiger partial charge on any atom is 0.319 e. The second kappa shape index (κ2) is 5.47. The number of amides is 2. The molecule has 0 unspecified atom stereocenters. The summed E-state index contributed by atoms with van der Waals surface area (Å²) in [6, 6.07) is 4.86. The van der Waals surface area contributed by atoms with Crippen molar-refractivity contribution in [1.29, 1.82) is 0 Å². The number of nitrogens with zero attached hydrogens (tertiary/aromatic N) is 1. The maximum atomic E-state index is 11.7. The van der Waals surface area contributed by atoms with Crippen molar-refractivity contribution in [2.45, 2.75) is 33.2 Å². The molecule has 0 aliphatic heterocycles. The third-order valence-electron chi connectivity index (χ3n) is 2.12. The van der Waals surface area contributed by atoms with Crippen LogP contribution in [0.5, 0.6) is 0 Å². The standard InChI is InChI=1S/C13H17N3O2/c1-9-5-6-10(7-11(9)14-8-17)15-12(18)16-13(2,3)4/h5-7H,1-4H3,(H2,15,16,18). The summed E-state index contributed by atoms with van der Waals surface area (Å²) in [7, 11) is 0. The molecule has 1 aromatic carbocycles. The average Bonchev–Trinajstić information content (AvgIpc) is 2.20. The van der Waals surface area contributed by atoms with Crippen molar-refractivity contribution in [3.05, 3.63) is 23.8 Å². The highest BCUT2D eigenvalue weighted by molar-refractivity contribution is 5.90. The lowest BCUT2D eigenvalue weighted by Crippen LogP contribution is -2.43. The Morgan fingerprint density at radius 1 is 1.33 bits per heavy atom. The van der Waals surface area contributed by atoms with Gasteiger partial charge in [-0.3, -0.25) is 0 Å². The van der Waals surface area contributed by atoms with E-state index >= 15 is 0 Å². The minimum Gasteiger partial charge on any atom is -0.333 e. The minimum absolute atomic E-state index is 0.299. The summed E-state index contributed by atoms with van der Waals surface area (Å²) in [5, 5.41) is 5.46. The number of hydrogen-bond acceptors (Lipinski definition) is 3. The molecule has 0 aromatic heterocycles. The SMILES string of the molecule is Cc1ccc(NC(=O)NC(C)(C)C)cc1N=C=O. The third-order valence-corrected chi connectivity index (χ3v) is 2.12. The summed E-state index contributed by atoms with van der Waals surface area (Å²) in [6.07, 6.45) is 1.49. The minimum atomic E-state index is -0.307. The van der Waals surface area contributed by atoms with Crippen molar-refractivity contribution >= 4 is 23.5 Å². The van der Waals surface area contributed by atoms with E-state index < -0.39 is 0 Å². The van der Waals surface area contributed by atoms with E-state index in [1.54, 1.807) is 18.2 Å². The molecule has 96 valence electrons. The molecule has 0 atom stereocenters. The number of aryl methyl sites for hydroxylation is 1. The molecular weight excluding hydrogens is 230 g/mol. The Hall–Kier alpha value is -2.13. The van der Waals surface area contributed by atoms with Crippen LogP contribution in [0, 0.1) is 6.92 Å². The van der Waals surface area contributed by atoms with Gasteiger partial charge < -0.3 is 10.6 Å². The number of isocyanates is 1. The molecule has 0 aliphatic carbocycles. The monoisotopic (exact) mass is 247 g/mol. The first kappa shape index (κ1) is 13.9. The largest absolute Gasteiger partial charge is 0.333 e. The number of aliphatic imine (C=N–C) groups is 1. The molecule has 0 saturated heterocycles. The molecule has 5 nitrogen and oxygen atoms in total. The molecule has 0 aliphatic rings. The van der Waals surface area contributed by atoms with Crippen LogP contribution in [0.3, 0.4) is 0 Å². The van der Waals surface area contributed by atoms with Crippen LogP contribution in [0.4, 0.5) is 16.2 Å². The van der Waals surface area contributed by atoms with E-state index in [4.69, 9.17) is 0 Å². The zero-order chi connectivity index (χ0) is 13.8. The number of carbonyl (C=O) groups excluding carboxylic acids is 2. The lowest BCUT2D eigenvalue weighted by molar-refractivity contribution is 0.244. The van der Waals surface area contributed by atoms with E-state index in [-0.39, 0.29) is 11.6 Å². The highest BCUT2D eigenvalue weighted by atomic mass is 16.2. The predicted octanol–water partition coefficient (Wildman–Crippen LogP) is 2.88. The first-order valence-electron chi connectivity index (χ1n) is 5.59. The smallest absolute Gasteiger partial charge is 0.319 e. The lowest BCUT2D eigenvalue weighted by Gasteiger charge is -2.20. The average molecular weight is 247 g/mol. The van der Waals surface area contributed by atoms with E-state index in [0.29, 0.717) is 11.4 Å². The first-order valence-corrected chi connectivity index (χ1v) is 5.59. The van der Waals surface area contributed by atoms with Gasteiger partial charge >= 0.3 is 6.03 Å². The highest BCUT2D eigenvalue weighted by Gasteiger charge is 2.13. The van der Waals surface area contributed by atoms with Crippen molar-refractivity contribution in [2.24, 2.45) is 4.99 Å². The molecule has 1 aromatic rings. The van der Waals surface area contributed by atoms with Crippen LogP contribution < -0.4 is 10.6 Å². The van der Waals surface area contributed by atoms with Crippen molar-refractivity contribution in [3.63, 3.8) is 0 Å². The van der Waals surface area contributed by atoms with Gasteiger partial charge in [0.15, 0.2) is 0 Å². The van der Waals surface area contributed by atoms with Crippen LogP contribution in [-0.4, -0.2) is 17.6 Å². The Bertz CT molecular complexity index is 497. The summed E-state index contributed by atoms with van der Waals surface area (Å²) >= 11 is 0. The van der Waals surface area contributed by atoms with Gasteiger partial charge in [0.05, 0.1) is 5.69 Å². The quantitative estimate of drug-likeness (QED) is 0.623. The van der Waals surface area contributed by atoms with Gasteiger partial charge in [0.25, 0.3) is 0 Å². The molecule has 0 spiro atoms. The molecule has 0 fully saturated rings. The number of urea groups is 1. The fraction of sp³-hybridized carbons (Fsp3) is 0.385. The molecule has 2 amide bonds. The fourth-order valence-corrected chi connectivity index (χ4v) is 1.36. The van der Waals surface area contributed by atoms with E-state index in [9.17, 15) is 9.59 Å². The molecule has 5 heteroatoms. The highest BCUT2D eigenvalue weighted by Crippen LogP contribution is 2.22. The van der Waals surface area contributed by atoms with E-state index in [2.05, 4.69) is 15.6 Å². The van der Waals surface area contributed by atoms with Crippen LogP contribution >= 0.6 is 0 Å². The van der Waals surface area contributed by atoms with Gasteiger partial charge in [-0.2, -0.15) is 4.99 Å². The number of carbonyl (C=O) groups is 1. The number of hydrogen-bond donors (Lipinski definition) is 2. The van der Waals surface area contributed by atoms with E-state index in [0.717, 1.165) is 5.56 Å². The van der Waals surface area contributed by atoms with Crippen molar-refractivity contribution in [3.8, 4) is 0 Å². The van der Waals surface area contributed by atoms with Gasteiger partial charge in [-0.1, -0.05) is 6.07 Å². The summed E-state index contributed by atoms with van der Waals surface area (Å²) in [5.41, 5.74) is 1.62. The Labute approximate surface area is 106 Å². The molecular formula is C13H17N3O2. The summed E-state index contributed by atoms with van der Waals surface area (Å²) in [6.45, 7) is 7.51. The Kier molecular flexibility index (Phi) is 4.23. The zero-order valence-electron chi connectivity index (χ0n) is 11.0. The number of nitrogens with one attached hydrogen (secondary N) is 2. The third kappa shape index (κ3) is 4.39. The van der Waals surface area contributed by atoms with Crippen molar-refractivity contribution in [2.75, 3.05) is 5.32 Å². The fourth-order valence-electron chi connectivity index (χ4n) is 1.36. The molecule has 2 N–H and O–H groups in total. The van der Waals surface area contributed by atoms with E-state index in [1.807, 2.05) is 27.7 Å². The predicted molar refractivity (Wildman–Crippen MR) is 70.9 cm³/mol. The van der Waals surface area contributed by atoms with Crippen LogP contribution in [0.15, 0.2) is 23.2 Å². The van der Waals surface area contributed by atoms with Crippen molar-refractivity contribution < 1.29 is 9.59 Å². The Morgan fingerprint density at radius 2 is 2.00 bits per heavy atom. The molecule has 0 bridgehead atoms. The maximum absolute atomic E-state index is 11.7. The van der Waals surface area contributed by atoms with Gasteiger partial charge in [0.1, 0.15) is 0 Å². The first-order chi connectivity index (χ1) is 8.31. The Balaban J connectivity index is 2.83. The zero-order valence-corrected chi connectivity index (χ0v) is 11.0. The van der Waals surface area contributed by atoms with Crippen LogP contribution in [0.1, 0.15) is 26.3 Å². The van der Waals surface area contributed by atoms with Gasteiger partial charge in [-0.15, -0.1) is 0 Å². The van der Waals surface area contributed by atoms with Gasteiger partial charge in [-0.25, -0.2) is 9.59 Å². The van der Waals surface area contributed by atoms with Crippen LogP contribution in [0.25, 0.3) is 0 Å². The number of benzene rings is 1. The lowest BCUT2D eigenvalue weighted by atomic mass is 10.1. The molecule has 0 heterocycles. The molecule has 18 heavy (non-hydrogen) atoms. The Morgan fingerprint density at radius 3 is 2.56 bits per heavy atom. The summed E-state index contributed by atoms with van der Waals surface area (Å²) < 4.78 is 0. The van der Waals surface area contributed by atoms with Gasteiger partial charge in [-0.05, 0) is 45.4 Å². The normalized spacial score (nSPS) is 10.4. The topological polar surface area (TPSA) is 70.6 Å². The van der Waals surface area contributed by atoms with E-state index in [1.165, 1.54) is 6.08 Å².